The molecule has 0 spiro atoms. The molecule has 1 atom stereocenters. The highest BCUT2D eigenvalue weighted by molar-refractivity contribution is 6.07. The van der Waals surface area contributed by atoms with E-state index < -0.39 is 17.3 Å². The number of hydrogen-bond donors (Lipinski definition) is 1. The lowest BCUT2D eigenvalue weighted by Gasteiger charge is -2.22. The fraction of sp³-hybridized carbons (Fsp3) is 0.211. The Labute approximate surface area is 148 Å². The molecule has 0 saturated carbocycles. The molecular weight excluding hydrogens is 334 g/mol. The largest absolute Gasteiger partial charge is 0.420 e. The summed E-state index contributed by atoms with van der Waals surface area (Å²) in [4.78, 5) is 38.4. The van der Waals surface area contributed by atoms with Crippen LogP contribution in [0.1, 0.15) is 12.5 Å². The van der Waals surface area contributed by atoms with Crippen molar-refractivity contribution in [3.63, 3.8) is 0 Å². The standard InChI is InChI=1S/C19H17N3O4/c1-19(13-7-3-2-4-8-13)16(23)22(17(24)20-19)12-11-21-14-9-5-6-10-15(14)26-18(21)25/h2-10H,11-12H2,1H3,(H,20,24). The van der Waals surface area contributed by atoms with Gasteiger partial charge in [0.25, 0.3) is 5.91 Å². The summed E-state index contributed by atoms with van der Waals surface area (Å²) in [6.45, 7) is 1.93. The van der Waals surface area contributed by atoms with E-state index in [1.807, 2.05) is 18.2 Å². The first kappa shape index (κ1) is 16.1. The number of benzene rings is 2. The smallest absolute Gasteiger partial charge is 0.408 e. The van der Waals surface area contributed by atoms with E-state index in [1.54, 1.807) is 43.3 Å². The topological polar surface area (TPSA) is 84.6 Å². The molecule has 2 heterocycles. The molecule has 1 unspecified atom stereocenters. The molecule has 7 nitrogen and oxygen atoms in total. The van der Waals surface area contributed by atoms with Crippen LogP contribution >= 0.6 is 0 Å². The van der Waals surface area contributed by atoms with Crippen LogP contribution in [0.3, 0.4) is 0 Å². The Morgan fingerprint density at radius 3 is 2.42 bits per heavy atom. The second-order valence-corrected chi connectivity index (χ2v) is 6.37. The molecule has 0 aliphatic carbocycles. The number of urea groups is 1. The van der Waals surface area contributed by atoms with E-state index in [0.29, 0.717) is 16.7 Å². The number of amides is 3. The summed E-state index contributed by atoms with van der Waals surface area (Å²) in [5.41, 5.74) is 0.716. The second kappa shape index (κ2) is 5.87. The van der Waals surface area contributed by atoms with E-state index >= 15 is 0 Å². The summed E-state index contributed by atoms with van der Waals surface area (Å²) in [6, 6.07) is 15.7. The highest BCUT2D eigenvalue weighted by Crippen LogP contribution is 2.28. The summed E-state index contributed by atoms with van der Waals surface area (Å²) >= 11 is 0. The summed E-state index contributed by atoms with van der Waals surface area (Å²) < 4.78 is 6.61. The number of nitrogens with one attached hydrogen (secondary N) is 1. The number of nitrogens with zero attached hydrogens (tertiary/aromatic N) is 2. The van der Waals surface area contributed by atoms with Crippen LogP contribution in [0.4, 0.5) is 4.79 Å². The molecule has 1 fully saturated rings. The Hall–Kier alpha value is -3.35. The first-order valence-corrected chi connectivity index (χ1v) is 8.29. The van der Waals surface area contributed by atoms with Crippen molar-refractivity contribution in [2.75, 3.05) is 6.54 Å². The summed E-state index contributed by atoms with van der Waals surface area (Å²) in [5, 5.41) is 2.75. The van der Waals surface area contributed by atoms with Crippen molar-refractivity contribution in [1.82, 2.24) is 14.8 Å². The zero-order valence-electron chi connectivity index (χ0n) is 14.1. The van der Waals surface area contributed by atoms with Gasteiger partial charge in [-0.25, -0.2) is 9.59 Å². The van der Waals surface area contributed by atoms with Gasteiger partial charge in [0.15, 0.2) is 5.58 Å². The summed E-state index contributed by atoms with van der Waals surface area (Å²) in [7, 11) is 0. The van der Waals surface area contributed by atoms with Crippen molar-refractivity contribution in [2.24, 2.45) is 0 Å². The Morgan fingerprint density at radius 1 is 0.962 bits per heavy atom. The van der Waals surface area contributed by atoms with Crippen molar-refractivity contribution < 1.29 is 14.0 Å². The molecule has 0 radical (unpaired) electrons. The quantitative estimate of drug-likeness (QED) is 0.729. The Morgan fingerprint density at radius 2 is 1.65 bits per heavy atom. The van der Waals surface area contributed by atoms with Crippen molar-refractivity contribution in [2.45, 2.75) is 19.0 Å². The van der Waals surface area contributed by atoms with Gasteiger partial charge >= 0.3 is 11.8 Å². The lowest BCUT2D eigenvalue weighted by Crippen LogP contribution is -2.41. The number of fused-ring (bicyclic) bond motifs is 1. The molecule has 1 saturated heterocycles. The Balaban J connectivity index is 1.59. The average molecular weight is 351 g/mol. The number of aromatic nitrogens is 1. The van der Waals surface area contributed by atoms with Crippen LogP contribution < -0.4 is 11.1 Å². The number of hydrogen-bond acceptors (Lipinski definition) is 4. The predicted molar refractivity (Wildman–Crippen MR) is 94.5 cm³/mol. The van der Waals surface area contributed by atoms with E-state index in [2.05, 4.69) is 5.32 Å². The second-order valence-electron chi connectivity index (χ2n) is 6.37. The van der Waals surface area contributed by atoms with Gasteiger partial charge in [-0.3, -0.25) is 14.3 Å². The average Bonchev–Trinajstić information content (AvgIpc) is 3.08. The summed E-state index contributed by atoms with van der Waals surface area (Å²) in [5.74, 6) is -0.848. The monoisotopic (exact) mass is 351 g/mol. The number of carbonyl (C=O) groups excluding carboxylic acids is 2. The molecular formula is C19H17N3O4. The molecule has 2 aromatic carbocycles. The molecule has 3 aromatic rings. The van der Waals surface area contributed by atoms with E-state index in [1.165, 1.54) is 4.57 Å². The van der Waals surface area contributed by atoms with Crippen LogP contribution in [0.15, 0.2) is 63.8 Å². The fourth-order valence-electron chi connectivity index (χ4n) is 3.29. The Kier molecular flexibility index (Phi) is 3.64. The number of carbonyl (C=O) groups is 2. The van der Waals surface area contributed by atoms with Crippen molar-refractivity contribution in [1.29, 1.82) is 0 Å². The number of para-hydroxylation sites is 2. The Bertz CT molecular complexity index is 1050. The lowest BCUT2D eigenvalue weighted by molar-refractivity contribution is -0.131. The first-order chi connectivity index (χ1) is 12.5. The molecule has 1 aliphatic rings. The fourth-order valence-corrected chi connectivity index (χ4v) is 3.29. The predicted octanol–water partition coefficient (Wildman–Crippen LogP) is 2.06. The number of rotatable bonds is 4. The summed E-state index contributed by atoms with van der Waals surface area (Å²) in [6.07, 6.45) is 0. The zero-order valence-corrected chi connectivity index (χ0v) is 14.1. The molecule has 1 N–H and O–H groups in total. The third kappa shape index (κ3) is 2.40. The van der Waals surface area contributed by atoms with Crippen LogP contribution in [0.25, 0.3) is 11.1 Å². The van der Waals surface area contributed by atoms with E-state index in [9.17, 15) is 14.4 Å². The van der Waals surface area contributed by atoms with Gasteiger partial charge in [0, 0.05) is 13.1 Å². The van der Waals surface area contributed by atoms with Gasteiger partial charge in [-0.1, -0.05) is 42.5 Å². The minimum Gasteiger partial charge on any atom is -0.408 e. The van der Waals surface area contributed by atoms with Gasteiger partial charge < -0.3 is 9.73 Å². The van der Waals surface area contributed by atoms with Crippen molar-refractivity contribution >= 4 is 23.0 Å². The molecule has 0 bridgehead atoms. The van der Waals surface area contributed by atoms with Crippen molar-refractivity contribution in [3.8, 4) is 0 Å². The molecule has 1 aromatic heterocycles. The van der Waals surface area contributed by atoms with Gasteiger partial charge in [0.05, 0.1) is 5.52 Å². The van der Waals surface area contributed by atoms with E-state index in [0.717, 1.165) is 4.90 Å². The van der Waals surface area contributed by atoms with Crippen molar-refractivity contribution in [3.05, 3.63) is 70.7 Å². The third-order valence-electron chi connectivity index (χ3n) is 4.75. The van der Waals surface area contributed by atoms with Crippen LogP contribution in [-0.2, 0) is 16.9 Å². The maximum Gasteiger partial charge on any atom is 0.420 e. The number of oxazole rings is 1. The molecule has 132 valence electrons. The highest BCUT2D eigenvalue weighted by atomic mass is 16.4. The van der Waals surface area contributed by atoms with Gasteiger partial charge in [-0.15, -0.1) is 0 Å². The van der Waals surface area contributed by atoms with Gasteiger partial charge in [-0.2, -0.15) is 0 Å². The molecule has 3 amide bonds. The van der Waals surface area contributed by atoms with E-state index in [4.69, 9.17) is 4.42 Å². The lowest BCUT2D eigenvalue weighted by atomic mass is 9.92. The minimum atomic E-state index is -1.11. The van der Waals surface area contributed by atoms with Gasteiger partial charge in [0.2, 0.25) is 0 Å². The van der Waals surface area contributed by atoms with Crippen LogP contribution in [0.5, 0.6) is 0 Å². The first-order valence-electron chi connectivity index (χ1n) is 8.29. The maximum atomic E-state index is 12.9. The zero-order chi connectivity index (χ0) is 18.3. The van der Waals surface area contributed by atoms with Crippen LogP contribution in [0, 0.1) is 0 Å². The van der Waals surface area contributed by atoms with Crippen LogP contribution in [-0.4, -0.2) is 28.0 Å². The van der Waals surface area contributed by atoms with Crippen LogP contribution in [0.2, 0.25) is 0 Å². The maximum absolute atomic E-state index is 12.9. The normalized spacial score (nSPS) is 20.0. The van der Waals surface area contributed by atoms with Gasteiger partial charge in [-0.05, 0) is 24.6 Å². The molecule has 1 aliphatic heterocycles. The minimum absolute atomic E-state index is 0.0799. The molecule has 7 heteroatoms. The van der Waals surface area contributed by atoms with E-state index in [-0.39, 0.29) is 19.0 Å². The number of imide groups is 1. The molecule has 4 rings (SSSR count). The third-order valence-corrected chi connectivity index (χ3v) is 4.75. The molecule has 26 heavy (non-hydrogen) atoms. The van der Waals surface area contributed by atoms with Gasteiger partial charge in [0.1, 0.15) is 5.54 Å². The SMILES string of the molecule is CC1(c2ccccc2)NC(=O)N(CCn2c(=O)oc3ccccc32)C1=O. The highest BCUT2D eigenvalue weighted by Gasteiger charge is 2.48.